The Labute approximate surface area is 145 Å². The summed E-state index contributed by atoms with van der Waals surface area (Å²) in [6.07, 6.45) is 0.655. The Bertz CT molecular complexity index is 849. The lowest BCUT2D eigenvalue weighted by Gasteiger charge is -2.06. The molecule has 5 heteroatoms. The summed E-state index contributed by atoms with van der Waals surface area (Å²) in [5.74, 6) is 0.839. The molecule has 0 spiro atoms. The molecule has 0 aromatic heterocycles. The smallest absolute Gasteiger partial charge is 0.153 e. The lowest BCUT2D eigenvalue weighted by Crippen LogP contribution is -1.92. The third-order valence-corrected chi connectivity index (χ3v) is 3.69. The number of hydrogen-bond acceptors (Lipinski definition) is 4. The minimum atomic E-state index is 0.0358. The molecule has 0 fully saturated rings. The highest BCUT2D eigenvalue weighted by atomic mass is 35.5. The van der Waals surface area contributed by atoms with Crippen LogP contribution in [0.15, 0.2) is 54.6 Å². The highest BCUT2D eigenvalue weighted by Crippen LogP contribution is 2.26. The van der Waals surface area contributed by atoms with E-state index >= 15 is 0 Å². The van der Waals surface area contributed by atoms with Gasteiger partial charge in [-0.1, -0.05) is 35.9 Å². The summed E-state index contributed by atoms with van der Waals surface area (Å²) >= 11 is 5.76. The van der Waals surface area contributed by atoms with Crippen LogP contribution in [0, 0.1) is 0 Å². The van der Waals surface area contributed by atoms with E-state index in [1.165, 1.54) is 0 Å². The topological polar surface area (TPSA) is 58.6 Å². The molecule has 0 unspecified atom stereocenters. The van der Waals surface area contributed by atoms with Gasteiger partial charge in [-0.2, -0.15) is 0 Å². The molecule has 4 nitrogen and oxygen atoms in total. The number of ether oxygens (including phenoxy) is 1. The Kier molecular flexibility index (Phi) is 6.04. The standard InChI is InChI=1S/C11H8O2.C8H10ClNO/c12-7-10-5-8-3-1-2-4-9(8)6-11(10)13;1-10-7-5-6(9)3-4-8(7)11-2/h1-7,13H;3-5,10H,1-2H3. The van der Waals surface area contributed by atoms with E-state index < -0.39 is 0 Å². The molecule has 3 aromatic rings. The van der Waals surface area contributed by atoms with Gasteiger partial charge in [0.1, 0.15) is 11.5 Å². The van der Waals surface area contributed by atoms with Gasteiger partial charge in [-0.3, -0.25) is 4.79 Å². The van der Waals surface area contributed by atoms with Gasteiger partial charge >= 0.3 is 0 Å². The molecule has 0 aliphatic heterocycles. The van der Waals surface area contributed by atoms with Crippen LogP contribution >= 0.6 is 11.6 Å². The lowest BCUT2D eigenvalue weighted by atomic mass is 10.1. The minimum Gasteiger partial charge on any atom is -0.507 e. The molecule has 3 aromatic carbocycles. The number of methoxy groups -OCH3 is 1. The Hall–Kier alpha value is -2.72. The molecule has 0 heterocycles. The molecule has 0 atom stereocenters. The molecular weight excluding hydrogens is 326 g/mol. The van der Waals surface area contributed by atoms with E-state index in [2.05, 4.69) is 5.32 Å². The SMILES string of the molecule is CNc1cc(Cl)ccc1OC.O=Cc1cc2ccccc2cc1O. The van der Waals surface area contributed by atoms with Gasteiger partial charge in [0.05, 0.1) is 18.4 Å². The predicted molar refractivity (Wildman–Crippen MR) is 98.6 cm³/mol. The summed E-state index contributed by atoms with van der Waals surface area (Å²) in [5, 5.41) is 15.0. The summed E-state index contributed by atoms with van der Waals surface area (Å²) in [5.41, 5.74) is 1.23. The van der Waals surface area contributed by atoms with Crippen molar-refractivity contribution >= 4 is 34.3 Å². The number of carbonyl (C=O) groups is 1. The number of aromatic hydroxyl groups is 1. The van der Waals surface area contributed by atoms with E-state index in [1.54, 1.807) is 25.3 Å². The Morgan fingerprint density at radius 3 is 2.33 bits per heavy atom. The Morgan fingerprint density at radius 2 is 1.75 bits per heavy atom. The van der Waals surface area contributed by atoms with Crippen molar-refractivity contribution in [2.45, 2.75) is 0 Å². The van der Waals surface area contributed by atoms with Gasteiger partial charge in [0, 0.05) is 12.1 Å². The van der Waals surface area contributed by atoms with Crippen LogP contribution in [0.2, 0.25) is 5.02 Å². The van der Waals surface area contributed by atoms with E-state index in [0.29, 0.717) is 16.9 Å². The molecule has 0 radical (unpaired) electrons. The monoisotopic (exact) mass is 343 g/mol. The number of hydrogen-bond donors (Lipinski definition) is 2. The van der Waals surface area contributed by atoms with Crippen molar-refractivity contribution in [3.05, 3.63) is 65.2 Å². The molecule has 0 aliphatic carbocycles. The van der Waals surface area contributed by atoms with Gasteiger partial charge in [0.25, 0.3) is 0 Å². The van der Waals surface area contributed by atoms with Gasteiger partial charge < -0.3 is 15.2 Å². The maximum absolute atomic E-state index is 10.5. The molecule has 0 bridgehead atoms. The lowest BCUT2D eigenvalue weighted by molar-refractivity contribution is 0.112. The molecular formula is C19H18ClNO3. The fraction of sp³-hybridized carbons (Fsp3) is 0.105. The fourth-order valence-electron chi connectivity index (χ4n) is 2.22. The number of phenolic OH excluding ortho intramolecular Hbond substituents is 1. The van der Waals surface area contributed by atoms with Crippen molar-refractivity contribution in [1.29, 1.82) is 0 Å². The van der Waals surface area contributed by atoms with Crippen LogP contribution in [0.5, 0.6) is 11.5 Å². The second-order valence-corrected chi connectivity index (χ2v) is 5.41. The second-order valence-electron chi connectivity index (χ2n) is 4.97. The van der Waals surface area contributed by atoms with Crippen LogP contribution in [0.1, 0.15) is 10.4 Å². The summed E-state index contributed by atoms with van der Waals surface area (Å²) in [7, 11) is 3.46. The zero-order valence-corrected chi connectivity index (χ0v) is 14.2. The number of rotatable bonds is 3. The van der Waals surface area contributed by atoms with E-state index in [4.69, 9.17) is 16.3 Å². The first-order valence-electron chi connectivity index (χ1n) is 7.27. The van der Waals surface area contributed by atoms with Crippen molar-refractivity contribution in [2.24, 2.45) is 0 Å². The number of fused-ring (bicyclic) bond motifs is 1. The van der Waals surface area contributed by atoms with Gasteiger partial charge in [-0.15, -0.1) is 0 Å². The van der Waals surface area contributed by atoms with Crippen LogP contribution in [-0.2, 0) is 0 Å². The van der Waals surface area contributed by atoms with E-state index in [1.807, 2.05) is 43.4 Å². The Morgan fingerprint density at radius 1 is 1.08 bits per heavy atom. The molecule has 2 N–H and O–H groups in total. The van der Waals surface area contributed by atoms with Crippen LogP contribution in [-0.4, -0.2) is 25.6 Å². The number of nitrogens with one attached hydrogen (secondary N) is 1. The highest BCUT2D eigenvalue weighted by molar-refractivity contribution is 6.30. The number of aldehydes is 1. The molecule has 0 aliphatic rings. The van der Waals surface area contributed by atoms with E-state index in [-0.39, 0.29) is 5.75 Å². The molecule has 3 rings (SSSR count). The largest absolute Gasteiger partial charge is 0.507 e. The normalized spacial score (nSPS) is 9.79. The van der Waals surface area contributed by atoms with Gasteiger partial charge in [0.15, 0.2) is 6.29 Å². The first-order chi connectivity index (χ1) is 11.6. The average molecular weight is 344 g/mol. The maximum Gasteiger partial charge on any atom is 0.153 e. The van der Waals surface area contributed by atoms with E-state index in [0.717, 1.165) is 22.2 Å². The quantitative estimate of drug-likeness (QED) is 0.674. The third kappa shape index (κ3) is 4.18. The number of carbonyl (C=O) groups excluding carboxylic acids is 1. The van der Waals surface area contributed by atoms with Crippen molar-refractivity contribution in [3.63, 3.8) is 0 Å². The second kappa shape index (κ2) is 8.22. The highest BCUT2D eigenvalue weighted by Gasteiger charge is 2.01. The summed E-state index contributed by atoms with van der Waals surface area (Å²) in [6.45, 7) is 0. The van der Waals surface area contributed by atoms with Crippen molar-refractivity contribution in [1.82, 2.24) is 0 Å². The third-order valence-electron chi connectivity index (χ3n) is 3.45. The summed E-state index contributed by atoms with van der Waals surface area (Å²) < 4.78 is 5.07. The van der Waals surface area contributed by atoms with Crippen LogP contribution in [0.25, 0.3) is 10.8 Å². The number of halogens is 1. The summed E-state index contributed by atoms with van der Waals surface area (Å²) in [4.78, 5) is 10.5. The molecule has 0 saturated heterocycles. The predicted octanol–water partition coefficient (Wildman–Crippen LogP) is 4.75. The molecule has 124 valence electrons. The van der Waals surface area contributed by atoms with Crippen molar-refractivity contribution in [2.75, 3.05) is 19.5 Å². The van der Waals surface area contributed by atoms with Gasteiger partial charge in [-0.25, -0.2) is 0 Å². The average Bonchev–Trinajstić information content (AvgIpc) is 2.61. The number of anilines is 1. The number of benzene rings is 3. The first-order valence-corrected chi connectivity index (χ1v) is 7.65. The van der Waals surface area contributed by atoms with Crippen molar-refractivity contribution < 1.29 is 14.6 Å². The van der Waals surface area contributed by atoms with Crippen molar-refractivity contribution in [3.8, 4) is 11.5 Å². The fourth-order valence-corrected chi connectivity index (χ4v) is 2.39. The molecule has 24 heavy (non-hydrogen) atoms. The minimum absolute atomic E-state index is 0.0358. The van der Waals surface area contributed by atoms with E-state index in [9.17, 15) is 9.90 Å². The van der Waals surface area contributed by atoms with Gasteiger partial charge in [-0.05, 0) is 41.1 Å². The molecule has 0 saturated carbocycles. The van der Waals surface area contributed by atoms with Gasteiger partial charge in [0.2, 0.25) is 0 Å². The van der Waals surface area contributed by atoms with Crippen LogP contribution in [0.4, 0.5) is 5.69 Å². The zero-order valence-electron chi connectivity index (χ0n) is 13.4. The summed E-state index contributed by atoms with van der Waals surface area (Å²) in [6, 6.07) is 16.3. The maximum atomic E-state index is 10.5. The van der Waals surface area contributed by atoms with Crippen LogP contribution < -0.4 is 10.1 Å². The molecule has 0 amide bonds. The Balaban J connectivity index is 0.000000177. The van der Waals surface area contributed by atoms with Crippen LogP contribution in [0.3, 0.4) is 0 Å². The zero-order chi connectivity index (χ0) is 17.5. The first kappa shape index (κ1) is 17.6. The number of phenols is 1.